The molecule has 0 spiro atoms. The van der Waals surface area contributed by atoms with Crippen LogP contribution in [-0.4, -0.2) is 11.3 Å². The summed E-state index contributed by atoms with van der Waals surface area (Å²) in [6.07, 6.45) is 0. The van der Waals surface area contributed by atoms with Crippen LogP contribution in [0.25, 0.3) is 116 Å². The van der Waals surface area contributed by atoms with Crippen molar-refractivity contribution in [1.82, 2.24) is 4.57 Å². The van der Waals surface area contributed by atoms with Crippen molar-refractivity contribution in [2.24, 2.45) is 0 Å². The number of para-hydroxylation sites is 7. The lowest BCUT2D eigenvalue weighted by molar-refractivity contribution is 0.632. The Balaban J connectivity index is 0.943. The lowest BCUT2D eigenvalue weighted by atomic mass is 9.33. The fraction of sp³-hybridized carbons (Fsp3) is 0.0303. The Kier molecular flexibility index (Phi) is 11.9. The molecule has 0 unspecified atom stereocenters. The molecule has 16 aromatic carbocycles. The molecule has 492 valence electrons. The molecule has 3 aliphatic heterocycles. The normalized spacial score (nSPS) is 14.3. The fourth-order valence-electron chi connectivity index (χ4n) is 17.2. The van der Waals surface area contributed by atoms with Crippen LogP contribution < -0.4 is 31.1 Å². The number of hydrogen-bond donors (Lipinski definition) is 0. The quantitative estimate of drug-likeness (QED) is 0.128. The summed E-state index contributed by atoms with van der Waals surface area (Å²) in [5, 5.41) is 2.03. The van der Waals surface area contributed by atoms with Crippen LogP contribution in [0.15, 0.2) is 374 Å². The first-order chi connectivity index (χ1) is 55.2. The van der Waals surface area contributed by atoms with Crippen LogP contribution in [0.1, 0.15) is 35.9 Å². The molecule has 5 nitrogen and oxygen atoms in total. The maximum Gasteiger partial charge on any atom is 0.252 e. The van der Waals surface area contributed by atoms with Crippen LogP contribution in [0.3, 0.4) is 0 Å². The highest BCUT2D eigenvalue weighted by Crippen LogP contribution is 2.57. The molecular formula is C99H67BN4O. The average Bonchev–Trinajstić information content (AvgIpc) is 1.68. The van der Waals surface area contributed by atoms with Gasteiger partial charge in [-0.15, -0.1) is 0 Å². The Bertz CT molecular complexity index is 6840. The maximum atomic E-state index is 9.88. The van der Waals surface area contributed by atoms with E-state index in [0.717, 1.165) is 162 Å². The van der Waals surface area contributed by atoms with Crippen LogP contribution in [0.4, 0.5) is 51.2 Å². The highest BCUT2D eigenvalue weighted by molar-refractivity contribution is 7.00. The molecule has 6 heteroatoms. The molecule has 3 aliphatic rings. The Morgan fingerprint density at radius 3 is 1.33 bits per heavy atom. The molecule has 0 radical (unpaired) electrons. The van der Waals surface area contributed by atoms with Gasteiger partial charge < -0.3 is 23.7 Å². The standard InChI is InChI=1S/C99H67BN4O/c1-99(2)82-45-21-24-48-88(82)101(72-36-16-7-17-37-72)89-56-51-69(59-83(89)99)71-61-92-96-93(62-71)104(98-76(66-32-12-5-13-33-66)43-27-44-77(98)67-34-14-6-15-35-67)91-63-73(102-86-46-22-18-38-78(86)79-39-19-23-47-87(79)102)53-55-85(91)100(96)84-54-50-70(68-52-57-95-81(58-68)80-40-20-25-49-94(80)105-95)60-90(84)103(92)97-74(64-28-8-3-9-29-64)41-26-42-75(97)65-30-10-4-11-31-65/h3-63H,1-2H3/i18D,19D,22D,23D,38D,39D,46D,47D. The van der Waals surface area contributed by atoms with Gasteiger partial charge in [0.25, 0.3) is 6.71 Å². The smallest absolute Gasteiger partial charge is 0.252 e. The molecule has 0 N–H and O–H groups in total. The number of rotatable bonds is 10. The zero-order valence-electron chi connectivity index (χ0n) is 65.4. The van der Waals surface area contributed by atoms with Crippen molar-refractivity contribution in [2.45, 2.75) is 19.3 Å². The van der Waals surface area contributed by atoms with Gasteiger partial charge in [0.1, 0.15) is 11.2 Å². The Morgan fingerprint density at radius 1 is 0.295 bits per heavy atom. The number of fused-ring (bicyclic) bond motifs is 12. The van der Waals surface area contributed by atoms with Gasteiger partial charge in [0.05, 0.1) is 44.7 Å². The summed E-state index contributed by atoms with van der Waals surface area (Å²) in [7, 11) is 0. The molecule has 0 fully saturated rings. The second-order valence-electron chi connectivity index (χ2n) is 28.1. The average molecular weight is 1350 g/mol. The third-order valence-corrected chi connectivity index (χ3v) is 22.0. The molecule has 21 rings (SSSR count). The second-order valence-corrected chi connectivity index (χ2v) is 28.1. The van der Waals surface area contributed by atoms with E-state index in [1.165, 1.54) is 5.56 Å². The van der Waals surface area contributed by atoms with Gasteiger partial charge in [0.2, 0.25) is 0 Å². The molecule has 0 atom stereocenters. The van der Waals surface area contributed by atoms with Crippen molar-refractivity contribution in [3.8, 4) is 72.4 Å². The lowest BCUT2D eigenvalue weighted by Crippen LogP contribution is -2.61. The maximum absolute atomic E-state index is 9.88. The van der Waals surface area contributed by atoms with E-state index in [-0.39, 0.29) is 33.9 Å². The third-order valence-electron chi connectivity index (χ3n) is 22.0. The molecular weight excluding hydrogens is 1270 g/mol. The van der Waals surface area contributed by atoms with E-state index in [1.54, 1.807) is 4.57 Å². The predicted octanol–water partition coefficient (Wildman–Crippen LogP) is 24.9. The highest BCUT2D eigenvalue weighted by atomic mass is 16.3. The van der Waals surface area contributed by atoms with Crippen LogP contribution in [-0.2, 0) is 5.41 Å². The number of nitrogens with zero attached hydrogens (tertiary/aromatic N) is 4. The van der Waals surface area contributed by atoms with E-state index in [2.05, 4.69) is 320 Å². The Labute approximate surface area is 622 Å². The van der Waals surface area contributed by atoms with E-state index in [4.69, 9.17) is 7.16 Å². The number of hydrogen-bond acceptors (Lipinski definition) is 4. The first kappa shape index (κ1) is 52.6. The first-order valence-corrected chi connectivity index (χ1v) is 35.8. The summed E-state index contributed by atoms with van der Waals surface area (Å²) in [4.78, 5) is 7.38. The van der Waals surface area contributed by atoms with Crippen molar-refractivity contribution in [3.05, 3.63) is 381 Å². The summed E-state index contributed by atoms with van der Waals surface area (Å²) in [5.74, 6) is 0. The van der Waals surface area contributed by atoms with Crippen LogP contribution in [0.5, 0.6) is 0 Å². The van der Waals surface area contributed by atoms with E-state index in [0.29, 0.717) is 5.69 Å². The number of aromatic nitrogens is 1. The van der Waals surface area contributed by atoms with Gasteiger partial charge in [0, 0.05) is 83.3 Å². The number of anilines is 9. The monoisotopic (exact) mass is 1350 g/mol. The highest BCUT2D eigenvalue weighted by Gasteiger charge is 2.46. The zero-order chi connectivity index (χ0) is 76.4. The molecule has 18 aromatic rings. The third kappa shape index (κ3) is 9.43. The second kappa shape index (κ2) is 23.9. The van der Waals surface area contributed by atoms with Crippen molar-refractivity contribution in [1.29, 1.82) is 0 Å². The first-order valence-electron chi connectivity index (χ1n) is 39.8. The van der Waals surface area contributed by atoms with Crippen LogP contribution >= 0.6 is 0 Å². The van der Waals surface area contributed by atoms with E-state index >= 15 is 0 Å². The Hall–Kier alpha value is -13.4. The van der Waals surface area contributed by atoms with Gasteiger partial charge in [0.15, 0.2) is 0 Å². The van der Waals surface area contributed by atoms with Gasteiger partial charge in [-0.05, 0) is 163 Å². The van der Waals surface area contributed by atoms with Gasteiger partial charge >= 0.3 is 0 Å². The van der Waals surface area contributed by atoms with E-state index < -0.39 is 48.4 Å². The van der Waals surface area contributed by atoms with Gasteiger partial charge in [-0.3, -0.25) is 0 Å². The van der Waals surface area contributed by atoms with E-state index in [1.807, 2.05) is 30.3 Å². The topological polar surface area (TPSA) is 27.8 Å². The minimum atomic E-state index is -0.533. The van der Waals surface area contributed by atoms with Gasteiger partial charge in [-0.2, -0.15) is 0 Å². The number of benzene rings is 16. The van der Waals surface area contributed by atoms with Crippen molar-refractivity contribution in [3.63, 3.8) is 0 Å². The summed E-state index contributed by atoms with van der Waals surface area (Å²) in [6.45, 7) is 4.14. The molecule has 0 aliphatic carbocycles. The van der Waals surface area contributed by atoms with Gasteiger partial charge in [-0.25, -0.2) is 0 Å². The Morgan fingerprint density at radius 2 is 0.743 bits per heavy atom. The fourth-order valence-corrected chi connectivity index (χ4v) is 17.2. The van der Waals surface area contributed by atoms with Crippen LogP contribution in [0, 0.1) is 0 Å². The lowest BCUT2D eigenvalue weighted by Gasteiger charge is -2.46. The van der Waals surface area contributed by atoms with Crippen molar-refractivity contribution >= 4 is 118 Å². The van der Waals surface area contributed by atoms with Crippen molar-refractivity contribution < 1.29 is 15.4 Å². The summed E-state index contributed by atoms with van der Waals surface area (Å²) in [6, 6.07) is 111. The van der Waals surface area contributed by atoms with Gasteiger partial charge in [-0.1, -0.05) is 293 Å². The molecule has 0 saturated carbocycles. The minimum absolute atomic E-state index is 0.000497. The molecule has 0 amide bonds. The largest absolute Gasteiger partial charge is 0.456 e. The van der Waals surface area contributed by atoms with Crippen LogP contribution in [0.2, 0.25) is 0 Å². The molecule has 2 aromatic heterocycles. The molecule has 0 bridgehead atoms. The minimum Gasteiger partial charge on any atom is -0.456 e. The number of furan rings is 1. The predicted molar refractivity (Wildman–Crippen MR) is 442 cm³/mol. The summed E-state index contributed by atoms with van der Waals surface area (Å²) < 4.78 is 84.0. The summed E-state index contributed by atoms with van der Waals surface area (Å²) in [5.41, 5.74) is 27.2. The molecule has 0 saturated heterocycles. The summed E-state index contributed by atoms with van der Waals surface area (Å²) >= 11 is 0. The van der Waals surface area contributed by atoms with E-state index in [9.17, 15) is 8.22 Å². The molecule has 105 heavy (non-hydrogen) atoms. The van der Waals surface area contributed by atoms with Crippen molar-refractivity contribution in [2.75, 3.05) is 14.7 Å². The molecule has 5 heterocycles. The zero-order valence-corrected chi connectivity index (χ0v) is 57.4. The SMILES string of the molecule is [2H]c1c([2H])c([2H])c2c(c1[2H])c1c([2H])c([2H])c([2H])c([2H])c1n2-c1ccc2c(c1)N(c1c(-c3ccccc3)cccc1-c1ccccc1)c1cc(-c3ccc4c(c3)C(C)(C)c3ccccc3N4c3ccccc3)cc3c1B2c1ccc(-c2ccc4oc5ccccc5c4c2)cc1N3c1c(-c2ccccc2)cccc1-c1ccccc1.